The van der Waals surface area contributed by atoms with Gasteiger partial charge in [-0.2, -0.15) is 0 Å². The Balaban J connectivity index is 1.16. The van der Waals surface area contributed by atoms with E-state index < -0.39 is 41.1 Å². The van der Waals surface area contributed by atoms with Gasteiger partial charge in [-0.25, -0.2) is 28.7 Å². The number of hydrogen-bond acceptors (Lipinski definition) is 8. The Bertz CT molecular complexity index is 1680. The van der Waals surface area contributed by atoms with Crippen molar-refractivity contribution in [1.29, 1.82) is 0 Å². The first-order chi connectivity index (χ1) is 20.7. The number of aromatic nitrogens is 1. The number of hydrogen-bond donors (Lipinski definition) is 3. The van der Waals surface area contributed by atoms with E-state index in [0.29, 0.717) is 5.69 Å². The molecule has 0 aliphatic heterocycles. The van der Waals surface area contributed by atoms with Crippen LogP contribution in [0.3, 0.4) is 0 Å². The van der Waals surface area contributed by atoms with Crippen LogP contribution in [0.1, 0.15) is 12.8 Å². The Labute approximate surface area is 242 Å². The fourth-order valence-corrected chi connectivity index (χ4v) is 3.84. The molecular formula is C30H22F2N4O7. The summed E-state index contributed by atoms with van der Waals surface area (Å²) in [4.78, 5) is 53.4. The van der Waals surface area contributed by atoms with Crippen LogP contribution >= 0.6 is 0 Å². The first-order valence-corrected chi connectivity index (χ1v) is 12.8. The van der Waals surface area contributed by atoms with Gasteiger partial charge < -0.3 is 24.8 Å². The van der Waals surface area contributed by atoms with E-state index in [2.05, 4.69) is 15.6 Å². The number of imide groups is 1. The molecule has 1 heterocycles. The van der Waals surface area contributed by atoms with Gasteiger partial charge in [0.15, 0.2) is 0 Å². The molecule has 1 aliphatic carbocycles. The lowest BCUT2D eigenvalue weighted by molar-refractivity contribution is -0.131. The third kappa shape index (κ3) is 7.27. The summed E-state index contributed by atoms with van der Waals surface area (Å²) in [5.41, 5.74) is -1.21. The molecule has 3 aromatic carbocycles. The summed E-state index contributed by atoms with van der Waals surface area (Å²) in [5.74, 6) is -2.39. The fraction of sp³-hybridized carbons (Fsp3) is 0.100. The largest absolute Gasteiger partial charge is 0.457 e. The summed E-state index contributed by atoms with van der Waals surface area (Å²) in [5, 5.41) is 6.91. The molecule has 43 heavy (non-hydrogen) atoms. The highest BCUT2D eigenvalue weighted by Crippen LogP contribution is 2.47. The highest BCUT2D eigenvalue weighted by molar-refractivity contribution is 6.16. The molecule has 0 bridgehead atoms. The molecule has 1 aromatic heterocycles. The molecule has 3 N–H and O–H groups in total. The van der Waals surface area contributed by atoms with Crippen LogP contribution in [0.4, 0.5) is 29.7 Å². The molecule has 1 saturated carbocycles. The van der Waals surface area contributed by atoms with Gasteiger partial charge in [-0.3, -0.25) is 9.59 Å². The van der Waals surface area contributed by atoms with Crippen LogP contribution in [0.5, 0.6) is 23.1 Å². The van der Waals surface area contributed by atoms with Crippen molar-refractivity contribution < 1.29 is 42.2 Å². The van der Waals surface area contributed by atoms with Crippen LogP contribution < -0.4 is 30.2 Å². The molecule has 4 aromatic rings. The maximum atomic E-state index is 14.9. The molecule has 4 amide bonds. The Hall–Kier alpha value is -5.85. The lowest BCUT2D eigenvalue weighted by atomic mass is 10.0. The summed E-state index contributed by atoms with van der Waals surface area (Å²) in [6.45, 7) is 0. The number of carbonyl (C=O) groups is 4. The summed E-state index contributed by atoms with van der Waals surface area (Å²) >= 11 is 0. The van der Waals surface area contributed by atoms with Gasteiger partial charge in [0.1, 0.15) is 34.3 Å². The SMILES string of the molecule is O=C(NC(=O)Oc1cc(Oc2ccc(NC(=O)C3(C(=O)Nc4ccc(F)cc4)CC3)c(F)c2)ccn1)Oc1ccccc1. The first-order valence-electron chi connectivity index (χ1n) is 12.8. The smallest absolute Gasteiger partial charge is 0.423 e. The van der Waals surface area contributed by atoms with E-state index in [4.69, 9.17) is 14.2 Å². The number of ether oxygens (including phenoxy) is 3. The number of benzene rings is 3. The van der Waals surface area contributed by atoms with Crippen LogP contribution in [0.2, 0.25) is 0 Å². The van der Waals surface area contributed by atoms with Crippen molar-refractivity contribution in [2.45, 2.75) is 12.8 Å². The van der Waals surface area contributed by atoms with Crippen molar-refractivity contribution in [1.82, 2.24) is 10.3 Å². The molecule has 11 nitrogen and oxygen atoms in total. The minimum absolute atomic E-state index is 0.0405. The summed E-state index contributed by atoms with van der Waals surface area (Å²) in [7, 11) is 0. The van der Waals surface area contributed by atoms with Crippen LogP contribution in [-0.4, -0.2) is 29.0 Å². The molecular weight excluding hydrogens is 566 g/mol. The van der Waals surface area contributed by atoms with Gasteiger partial charge >= 0.3 is 12.2 Å². The van der Waals surface area contributed by atoms with Crippen LogP contribution in [0.25, 0.3) is 0 Å². The molecule has 1 fully saturated rings. The Morgan fingerprint density at radius 2 is 1.40 bits per heavy atom. The number of amides is 4. The normalized spacial score (nSPS) is 12.8. The fourth-order valence-electron chi connectivity index (χ4n) is 3.84. The monoisotopic (exact) mass is 588 g/mol. The molecule has 0 unspecified atom stereocenters. The topological polar surface area (TPSA) is 145 Å². The Morgan fingerprint density at radius 3 is 2.09 bits per heavy atom. The first kappa shape index (κ1) is 28.7. The molecule has 0 radical (unpaired) electrons. The van der Waals surface area contributed by atoms with Gasteiger partial charge in [0.2, 0.25) is 17.7 Å². The highest BCUT2D eigenvalue weighted by atomic mass is 19.1. The number of nitrogens with zero attached hydrogens (tertiary/aromatic N) is 1. The van der Waals surface area contributed by atoms with Gasteiger partial charge in [0, 0.05) is 24.0 Å². The third-order valence-electron chi connectivity index (χ3n) is 6.21. The molecule has 0 spiro atoms. The summed E-state index contributed by atoms with van der Waals surface area (Å²) in [6.07, 6.45) is -0.415. The molecule has 0 atom stereocenters. The predicted molar refractivity (Wildman–Crippen MR) is 148 cm³/mol. The average molecular weight is 589 g/mol. The third-order valence-corrected chi connectivity index (χ3v) is 6.21. The highest BCUT2D eigenvalue weighted by Gasteiger charge is 2.56. The second-order valence-corrected chi connectivity index (χ2v) is 9.29. The maximum Gasteiger partial charge on any atom is 0.423 e. The van der Waals surface area contributed by atoms with E-state index in [0.717, 1.165) is 6.07 Å². The van der Waals surface area contributed by atoms with E-state index in [9.17, 15) is 28.0 Å². The van der Waals surface area contributed by atoms with E-state index in [1.165, 1.54) is 66.9 Å². The molecule has 5 rings (SSSR count). The van der Waals surface area contributed by atoms with Crippen molar-refractivity contribution in [3.63, 3.8) is 0 Å². The number of pyridine rings is 1. The van der Waals surface area contributed by atoms with E-state index in [1.807, 2.05) is 5.32 Å². The zero-order valence-corrected chi connectivity index (χ0v) is 22.1. The minimum atomic E-state index is -1.37. The molecule has 13 heteroatoms. The molecule has 1 aliphatic rings. The standard InChI is InChI=1S/C30H22F2N4O7/c31-18-6-8-19(9-7-18)34-26(37)30(13-14-30)27(38)35-24-11-10-21(16-23(24)32)41-22-12-15-33-25(17-22)43-29(40)36-28(39)42-20-4-2-1-3-5-20/h1-12,15-17H,13-14H2,(H,34,37)(H,35,38)(H,36,39,40). The number of halogens is 2. The quantitative estimate of drug-likeness (QED) is 0.219. The Kier molecular flexibility index (Phi) is 8.23. The summed E-state index contributed by atoms with van der Waals surface area (Å²) in [6, 6.07) is 19.5. The number of carbonyl (C=O) groups excluding carboxylic acids is 4. The maximum absolute atomic E-state index is 14.9. The van der Waals surface area contributed by atoms with Crippen molar-refractivity contribution in [3.8, 4) is 23.1 Å². The van der Waals surface area contributed by atoms with Crippen LogP contribution in [0, 0.1) is 17.0 Å². The van der Waals surface area contributed by atoms with Crippen molar-refractivity contribution in [2.75, 3.05) is 10.6 Å². The van der Waals surface area contributed by atoms with Gasteiger partial charge in [-0.15, -0.1) is 0 Å². The second-order valence-electron chi connectivity index (χ2n) is 9.29. The predicted octanol–water partition coefficient (Wildman–Crippen LogP) is 5.80. The van der Waals surface area contributed by atoms with E-state index >= 15 is 0 Å². The Morgan fingerprint density at radius 1 is 0.721 bits per heavy atom. The van der Waals surface area contributed by atoms with E-state index in [-0.39, 0.29) is 41.7 Å². The van der Waals surface area contributed by atoms with Gasteiger partial charge in [-0.1, -0.05) is 18.2 Å². The average Bonchev–Trinajstić information content (AvgIpc) is 3.79. The minimum Gasteiger partial charge on any atom is -0.457 e. The number of nitrogens with one attached hydrogen (secondary N) is 3. The van der Waals surface area contributed by atoms with Crippen LogP contribution in [0.15, 0.2) is 91.1 Å². The van der Waals surface area contributed by atoms with Crippen molar-refractivity contribution in [3.05, 3.63) is 103 Å². The number of anilines is 2. The van der Waals surface area contributed by atoms with Crippen LogP contribution in [-0.2, 0) is 9.59 Å². The lowest BCUT2D eigenvalue weighted by Gasteiger charge is -2.16. The van der Waals surface area contributed by atoms with Gasteiger partial charge in [-0.05, 0) is 67.4 Å². The lowest BCUT2D eigenvalue weighted by Crippen LogP contribution is -2.35. The summed E-state index contributed by atoms with van der Waals surface area (Å²) < 4.78 is 43.5. The number of rotatable bonds is 8. The van der Waals surface area contributed by atoms with Gasteiger partial charge in [0.25, 0.3) is 0 Å². The zero-order valence-electron chi connectivity index (χ0n) is 22.1. The van der Waals surface area contributed by atoms with Crippen molar-refractivity contribution >= 4 is 35.4 Å². The zero-order chi connectivity index (χ0) is 30.4. The number of para-hydroxylation sites is 1. The van der Waals surface area contributed by atoms with Gasteiger partial charge in [0.05, 0.1) is 5.69 Å². The molecule has 0 saturated heterocycles. The van der Waals surface area contributed by atoms with E-state index in [1.54, 1.807) is 18.2 Å². The van der Waals surface area contributed by atoms with Crippen molar-refractivity contribution in [2.24, 2.45) is 5.41 Å². The second kappa shape index (κ2) is 12.3. The molecule has 218 valence electrons.